The van der Waals surface area contributed by atoms with Crippen molar-refractivity contribution in [2.45, 2.75) is 42.6 Å². The summed E-state index contributed by atoms with van der Waals surface area (Å²) in [5.41, 5.74) is 0. The van der Waals surface area contributed by atoms with E-state index in [0.717, 1.165) is 63.5 Å². The number of hydrogen-bond acceptors (Lipinski definition) is 4. The van der Waals surface area contributed by atoms with Gasteiger partial charge in [0.1, 0.15) is 0 Å². The summed E-state index contributed by atoms with van der Waals surface area (Å²) in [6.45, 7) is 4.98. The third-order valence-corrected chi connectivity index (χ3v) is 7.79. The Morgan fingerprint density at radius 2 is 1.87 bits per heavy atom. The Labute approximate surface area is 143 Å². The molecule has 23 heavy (non-hydrogen) atoms. The van der Waals surface area contributed by atoms with E-state index in [1.54, 1.807) is 0 Å². The highest BCUT2D eigenvalue weighted by Gasteiger charge is 2.53. The lowest BCUT2D eigenvalue weighted by molar-refractivity contribution is 0.0753. The van der Waals surface area contributed by atoms with E-state index >= 15 is 0 Å². The largest absolute Gasteiger partial charge is 0.381 e. The minimum absolute atomic E-state index is 0.298. The van der Waals surface area contributed by atoms with E-state index in [9.17, 15) is 0 Å². The molecule has 1 N–H and O–H groups in total. The lowest BCUT2D eigenvalue weighted by atomic mass is 9.82. The van der Waals surface area contributed by atoms with E-state index in [1.165, 1.54) is 12.8 Å². The Morgan fingerprint density at radius 1 is 1.22 bits per heavy atom. The molecule has 4 unspecified atom stereocenters. The molecule has 4 aliphatic heterocycles. The standard InChI is InChI=1S/C17H29N3O2S/c1-18-16(19-11-17(23-2)5-7-21-8-6-17)20-9-12-13(10-20)15-4-3-14(12)22-15/h12-15H,3-11H2,1-2H3,(H,18,19). The smallest absolute Gasteiger partial charge is 0.193 e. The number of guanidine groups is 1. The van der Waals surface area contributed by atoms with Gasteiger partial charge in [-0.05, 0) is 31.9 Å². The molecule has 4 rings (SSSR count). The van der Waals surface area contributed by atoms with Gasteiger partial charge in [-0.2, -0.15) is 11.8 Å². The van der Waals surface area contributed by atoms with Crippen LogP contribution in [0, 0.1) is 11.8 Å². The molecule has 5 nitrogen and oxygen atoms in total. The molecule has 4 heterocycles. The van der Waals surface area contributed by atoms with Crippen LogP contribution >= 0.6 is 11.8 Å². The predicted octanol–water partition coefficient (Wildman–Crippen LogP) is 1.58. The number of thioether (sulfide) groups is 1. The van der Waals surface area contributed by atoms with Crippen molar-refractivity contribution in [1.29, 1.82) is 0 Å². The number of rotatable bonds is 3. The van der Waals surface area contributed by atoms with Gasteiger partial charge in [0, 0.05) is 56.5 Å². The number of nitrogens with one attached hydrogen (secondary N) is 1. The van der Waals surface area contributed by atoms with Crippen molar-refractivity contribution >= 4 is 17.7 Å². The third kappa shape index (κ3) is 2.87. The van der Waals surface area contributed by atoms with E-state index in [0.29, 0.717) is 17.0 Å². The molecule has 0 aromatic heterocycles. The Bertz CT molecular complexity index is 449. The molecule has 0 aliphatic carbocycles. The number of nitrogens with zero attached hydrogens (tertiary/aromatic N) is 2. The predicted molar refractivity (Wildman–Crippen MR) is 94.1 cm³/mol. The van der Waals surface area contributed by atoms with Crippen LogP contribution in [0.4, 0.5) is 0 Å². The lowest BCUT2D eigenvalue weighted by Crippen LogP contribution is -2.49. The molecule has 2 bridgehead atoms. The minimum Gasteiger partial charge on any atom is -0.381 e. The molecule has 0 spiro atoms. The molecular weight excluding hydrogens is 310 g/mol. The van der Waals surface area contributed by atoms with Gasteiger partial charge >= 0.3 is 0 Å². The summed E-state index contributed by atoms with van der Waals surface area (Å²) in [5, 5.41) is 3.67. The molecule has 0 saturated carbocycles. The normalized spacial score (nSPS) is 38.9. The van der Waals surface area contributed by atoms with Crippen LogP contribution in [0.1, 0.15) is 25.7 Å². The van der Waals surface area contributed by atoms with Crippen molar-refractivity contribution in [3.05, 3.63) is 0 Å². The highest BCUT2D eigenvalue weighted by molar-refractivity contribution is 8.00. The van der Waals surface area contributed by atoms with Crippen LogP contribution in [0.2, 0.25) is 0 Å². The van der Waals surface area contributed by atoms with Crippen molar-refractivity contribution in [3.63, 3.8) is 0 Å². The molecule has 6 heteroatoms. The second-order valence-electron chi connectivity index (χ2n) is 7.42. The van der Waals surface area contributed by atoms with Gasteiger partial charge in [0.05, 0.1) is 12.2 Å². The zero-order valence-corrected chi connectivity index (χ0v) is 15.1. The number of likely N-dealkylation sites (tertiary alicyclic amines) is 1. The minimum atomic E-state index is 0.298. The molecule has 0 amide bonds. The maximum Gasteiger partial charge on any atom is 0.193 e. The van der Waals surface area contributed by atoms with Crippen LogP contribution in [-0.4, -0.2) is 74.0 Å². The Hall–Kier alpha value is -0.460. The van der Waals surface area contributed by atoms with E-state index < -0.39 is 0 Å². The zero-order valence-electron chi connectivity index (χ0n) is 14.3. The maximum absolute atomic E-state index is 6.09. The monoisotopic (exact) mass is 339 g/mol. The first kappa shape index (κ1) is 16.0. The van der Waals surface area contributed by atoms with Gasteiger partial charge in [-0.15, -0.1) is 0 Å². The highest BCUT2D eigenvalue weighted by Crippen LogP contribution is 2.47. The molecule has 0 aromatic carbocycles. The van der Waals surface area contributed by atoms with Gasteiger partial charge in [0.25, 0.3) is 0 Å². The van der Waals surface area contributed by atoms with E-state index in [-0.39, 0.29) is 0 Å². The van der Waals surface area contributed by atoms with Crippen LogP contribution in [0.5, 0.6) is 0 Å². The molecule has 130 valence electrons. The zero-order chi connectivity index (χ0) is 15.9. The number of ether oxygens (including phenoxy) is 2. The molecule has 4 aliphatic rings. The fourth-order valence-electron chi connectivity index (χ4n) is 4.90. The summed E-state index contributed by atoms with van der Waals surface area (Å²) in [6.07, 6.45) is 8.04. The molecule has 0 radical (unpaired) electrons. The van der Waals surface area contributed by atoms with Crippen LogP contribution < -0.4 is 5.32 Å². The summed E-state index contributed by atoms with van der Waals surface area (Å²) < 4.78 is 11.9. The average molecular weight is 340 g/mol. The summed E-state index contributed by atoms with van der Waals surface area (Å²) in [7, 11) is 1.91. The first-order valence-corrected chi connectivity index (χ1v) is 10.2. The van der Waals surface area contributed by atoms with Crippen molar-refractivity contribution in [3.8, 4) is 0 Å². The Kier molecular flexibility index (Phi) is 4.50. The summed E-state index contributed by atoms with van der Waals surface area (Å²) in [5.74, 6) is 2.54. The van der Waals surface area contributed by atoms with Crippen LogP contribution in [0.25, 0.3) is 0 Å². The molecule has 4 atom stereocenters. The van der Waals surface area contributed by atoms with Gasteiger partial charge < -0.3 is 19.7 Å². The van der Waals surface area contributed by atoms with Gasteiger partial charge in [-0.25, -0.2) is 0 Å². The third-order valence-electron chi connectivity index (χ3n) is 6.37. The average Bonchev–Trinajstić information content (AvgIpc) is 3.29. The second kappa shape index (κ2) is 6.45. The molecule has 4 fully saturated rings. The SMILES string of the molecule is CN=C(NCC1(SC)CCOCC1)N1CC2C3CCC(O3)C2C1. The van der Waals surface area contributed by atoms with Gasteiger partial charge in [-0.3, -0.25) is 4.99 Å². The van der Waals surface area contributed by atoms with Crippen molar-refractivity contribution in [1.82, 2.24) is 10.2 Å². The van der Waals surface area contributed by atoms with Crippen LogP contribution in [0.3, 0.4) is 0 Å². The first-order valence-electron chi connectivity index (χ1n) is 8.99. The van der Waals surface area contributed by atoms with Crippen LogP contribution in [0.15, 0.2) is 4.99 Å². The van der Waals surface area contributed by atoms with E-state index in [2.05, 4.69) is 21.5 Å². The van der Waals surface area contributed by atoms with Gasteiger partial charge in [0.15, 0.2) is 5.96 Å². The molecule has 0 aromatic rings. The second-order valence-corrected chi connectivity index (χ2v) is 8.70. The fraction of sp³-hybridized carbons (Fsp3) is 0.941. The lowest BCUT2D eigenvalue weighted by Gasteiger charge is -2.37. The fourth-order valence-corrected chi connectivity index (χ4v) is 5.69. The van der Waals surface area contributed by atoms with Crippen molar-refractivity contribution in [2.24, 2.45) is 16.8 Å². The van der Waals surface area contributed by atoms with Crippen LogP contribution in [-0.2, 0) is 9.47 Å². The molecule has 4 saturated heterocycles. The molecular formula is C17H29N3O2S. The number of hydrogen-bond donors (Lipinski definition) is 1. The van der Waals surface area contributed by atoms with E-state index in [1.807, 2.05) is 18.8 Å². The van der Waals surface area contributed by atoms with Gasteiger partial charge in [0.2, 0.25) is 0 Å². The topological polar surface area (TPSA) is 46.1 Å². The van der Waals surface area contributed by atoms with Crippen molar-refractivity contribution in [2.75, 3.05) is 46.2 Å². The summed E-state index contributed by atoms with van der Waals surface area (Å²) in [4.78, 5) is 7.04. The summed E-state index contributed by atoms with van der Waals surface area (Å²) >= 11 is 1.98. The first-order chi connectivity index (χ1) is 11.2. The van der Waals surface area contributed by atoms with Crippen molar-refractivity contribution < 1.29 is 9.47 Å². The number of aliphatic imine (C=N–C) groups is 1. The highest BCUT2D eigenvalue weighted by atomic mass is 32.2. The maximum atomic E-state index is 6.09. The van der Waals surface area contributed by atoms with Gasteiger partial charge in [-0.1, -0.05) is 0 Å². The Balaban J connectivity index is 1.36. The summed E-state index contributed by atoms with van der Waals surface area (Å²) in [6, 6.07) is 0. The number of fused-ring (bicyclic) bond motifs is 5. The Morgan fingerprint density at radius 3 is 2.43 bits per heavy atom. The van der Waals surface area contributed by atoms with E-state index in [4.69, 9.17) is 9.47 Å². The quantitative estimate of drug-likeness (QED) is 0.625.